The van der Waals surface area contributed by atoms with Crippen molar-refractivity contribution in [1.29, 1.82) is 0 Å². The van der Waals surface area contributed by atoms with Gasteiger partial charge in [-0.05, 0) is 18.2 Å². The molecule has 0 radical (unpaired) electrons. The van der Waals surface area contributed by atoms with E-state index in [1.807, 2.05) is 0 Å². The first-order valence-corrected chi connectivity index (χ1v) is 5.95. The van der Waals surface area contributed by atoms with Crippen LogP contribution in [0.5, 0.6) is 0 Å². The van der Waals surface area contributed by atoms with E-state index in [0.29, 0.717) is 10.6 Å². The number of carbonyl (C=O) groups is 1. The van der Waals surface area contributed by atoms with Crippen LogP contribution in [0.15, 0.2) is 18.2 Å². The Balaban J connectivity index is 2.04. The molecule has 1 aromatic rings. The monoisotopic (exact) mass is 289 g/mol. The van der Waals surface area contributed by atoms with Crippen molar-refractivity contribution in [2.45, 2.75) is 18.4 Å². The van der Waals surface area contributed by atoms with Gasteiger partial charge in [-0.2, -0.15) is 0 Å². The maximum absolute atomic E-state index is 13.3. The van der Waals surface area contributed by atoms with Crippen LogP contribution >= 0.6 is 0 Å². The maximum Gasteiger partial charge on any atom is 0.407 e. The van der Waals surface area contributed by atoms with Gasteiger partial charge in [0.25, 0.3) is 5.92 Å². The molecule has 0 saturated carbocycles. The highest BCUT2D eigenvalue weighted by Crippen LogP contribution is 2.32. The topological polar surface area (TPSA) is 78.6 Å². The summed E-state index contributed by atoms with van der Waals surface area (Å²) in [4.78, 5) is 11.6. The highest BCUT2D eigenvalue weighted by atomic mass is 19.3. The lowest BCUT2D eigenvalue weighted by Crippen LogP contribution is -2.39. The van der Waals surface area contributed by atoms with Crippen molar-refractivity contribution >= 4 is 17.5 Å². The number of hydrogen-bond donors (Lipinski definition) is 3. The number of alkyl halides is 2. The molecule has 1 fully saturated rings. The molecule has 0 aromatic heterocycles. The molecule has 1 amide bonds. The van der Waals surface area contributed by atoms with Gasteiger partial charge in [0.1, 0.15) is 5.82 Å². The standard InChI is InChI=1S/C12H14F3N3O2/c13-7-1-2-10(9(16)3-7)17-5-8-4-12(14,15)6-18(8)11(19)20/h1-3,8,17H,4-6,16H2,(H,19,20)/t8-/m0/s1. The summed E-state index contributed by atoms with van der Waals surface area (Å²) in [6, 6.07) is 2.80. The lowest BCUT2D eigenvalue weighted by Gasteiger charge is -2.21. The molecule has 1 aliphatic rings. The van der Waals surface area contributed by atoms with E-state index in [1.165, 1.54) is 12.1 Å². The summed E-state index contributed by atoms with van der Waals surface area (Å²) in [5, 5.41) is 11.7. The number of anilines is 2. The van der Waals surface area contributed by atoms with E-state index < -0.39 is 36.8 Å². The van der Waals surface area contributed by atoms with Crippen molar-refractivity contribution in [2.75, 3.05) is 24.1 Å². The third kappa shape index (κ3) is 3.06. The molecular weight excluding hydrogens is 275 g/mol. The number of nitrogens with two attached hydrogens (primary N) is 1. The Morgan fingerprint density at radius 2 is 2.25 bits per heavy atom. The molecule has 5 nitrogen and oxygen atoms in total. The summed E-state index contributed by atoms with van der Waals surface area (Å²) in [6.45, 7) is -0.828. The predicted molar refractivity (Wildman–Crippen MR) is 67.4 cm³/mol. The number of amides is 1. The molecule has 0 spiro atoms. The molecular formula is C12H14F3N3O2. The summed E-state index contributed by atoms with van der Waals surface area (Å²) < 4.78 is 39.4. The van der Waals surface area contributed by atoms with Crippen molar-refractivity contribution in [2.24, 2.45) is 0 Å². The molecule has 110 valence electrons. The second-order valence-electron chi connectivity index (χ2n) is 4.74. The van der Waals surface area contributed by atoms with Crippen LogP contribution in [0.3, 0.4) is 0 Å². The van der Waals surface area contributed by atoms with Gasteiger partial charge in [0.05, 0.1) is 24.0 Å². The average Bonchev–Trinajstić information content (AvgIpc) is 2.64. The molecule has 0 aliphatic carbocycles. The van der Waals surface area contributed by atoms with E-state index in [1.54, 1.807) is 0 Å². The summed E-state index contributed by atoms with van der Waals surface area (Å²) in [5.74, 6) is -3.54. The maximum atomic E-state index is 13.3. The number of carboxylic acid groups (broad SMARTS) is 1. The van der Waals surface area contributed by atoms with Crippen molar-refractivity contribution in [3.8, 4) is 0 Å². The molecule has 2 rings (SSSR count). The van der Waals surface area contributed by atoms with Crippen LogP contribution < -0.4 is 11.1 Å². The van der Waals surface area contributed by atoms with Crippen LogP contribution in [-0.4, -0.2) is 41.2 Å². The first kappa shape index (κ1) is 14.3. The molecule has 1 aromatic carbocycles. The van der Waals surface area contributed by atoms with E-state index >= 15 is 0 Å². The largest absolute Gasteiger partial charge is 0.465 e. The predicted octanol–water partition coefficient (Wildman–Crippen LogP) is 2.21. The Labute approximate surface area is 113 Å². The summed E-state index contributed by atoms with van der Waals surface area (Å²) in [5.41, 5.74) is 6.09. The van der Waals surface area contributed by atoms with Gasteiger partial charge in [0, 0.05) is 13.0 Å². The van der Waals surface area contributed by atoms with E-state index in [9.17, 15) is 18.0 Å². The molecule has 4 N–H and O–H groups in total. The van der Waals surface area contributed by atoms with Gasteiger partial charge in [-0.15, -0.1) is 0 Å². The zero-order chi connectivity index (χ0) is 14.9. The normalized spacial score (nSPS) is 20.9. The second kappa shape index (κ2) is 5.10. The number of nitrogens with one attached hydrogen (secondary N) is 1. The van der Waals surface area contributed by atoms with Gasteiger partial charge in [-0.1, -0.05) is 0 Å². The van der Waals surface area contributed by atoms with Crippen molar-refractivity contribution < 1.29 is 23.1 Å². The smallest absolute Gasteiger partial charge is 0.407 e. The number of halogens is 3. The van der Waals surface area contributed by atoms with Crippen molar-refractivity contribution in [3.05, 3.63) is 24.0 Å². The number of rotatable bonds is 3. The number of likely N-dealkylation sites (tertiary alicyclic amines) is 1. The Hall–Kier alpha value is -2.12. The van der Waals surface area contributed by atoms with Crippen LogP contribution in [0.25, 0.3) is 0 Å². The highest BCUT2D eigenvalue weighted by Gasteiger charge is 2.46. The first-order valence-electron chi connectivity index (χ1n) is 5.95. The zero-order valence-corrected chi connectivity index (χ0v) is 10.4. The van der Waals surface area contributed by atoms with E-state index in [4.69, 9.17) is 10.8 Å². The minimum Gasteiger partial charge on any atom is -0.465 e. The summed E-state index contributed by atoms with van der Waals surface area (Å²) in [7, 11) is 0. The van der Waals surface area contributed by atoms with Gasteiger partial charge >= 0.3 is 6.09 Å². The summed E-state index contributed by atoms with van der Waals surface area (Å²) in [6.07, 6.45) is -1.94. The van der Waals surface area contributed by atoms with Crippen molar-refractivity contribution in [3.63, 3.8) is 0 Å². The second-order valence-corrected chi connectivity index (χ2v) is 4.74. The van der Waals surface area contributed by atoms with E-state index in [2.05, 4.69) is 5.32 Å². The fourth-order valence-corrected chi connectivity index (χ4v) is 2.23. The SMILES string of the molecule is Nc1cc(F)ccc1NC[C@@H]1CC(F)(F)CN1C(=O)O. The minimum absolute atomic E-state index is 0.0161. The van der Waals surface area contributed by atoms with Gasteiger partial charge < -0.3 is 16.2 Å². The molecule has 1 aliphatic heterocycles. The Kier molecular flexibility index (Phi) is 3.65. The Bertz CT molecular complexity index is 525. The van der Waals surface area contributed by atoms with Crippen LogP contribution in [0.4, 0.5) is 29.3 Å². The van der Waals surface area contributed by atoms with Gasteiger partial charge in [-0.3, -0.25) is 4.90 Å². The molecule has 8 heteroatoms. The minimum atomic E-state index is -3.03. The fraction of sp³-hybridized carbons (Fsp3) is 0.417. The van der Waals surface area contributed by atoms with Crippen LogP contribution in [0, 0.1) is 5.82 Å². The molecule has 1 heterocycles. The highest BCUT2D eigenvalue weighted by molar-refractivity contribution is 5.67. The third-order valence-electron chi connectivity index (χ3n) is 3.16. The zero-order valence-electron chi connectivity index (χ0n) is 10.4. The average molecular weight is 289 g/mol. The van der Waals surface area contributed by atoms with Crippen LogP contribution in [0.1, 0.15) is 6.42 Å². The van der Waals surface area contributed by atoms with Gasteiger partial charge in [-0.25, -0.2) is 18.0 Å². The van der Waals surface area contributed by atoms with E-state index in [-0.39, 0.29) is 12.2 Å². The lowest BCUT2D eigenvalue weighted by molar-refractivity contribution is 0.0127. The van der Waals surface area contributed by atoms with E-state index in [0.717, 1.165) is 6.07 Å². The number of hydrogen-bond acceptors (Lipinski definition) is 3. The van der Waals surface area contributed by atoms with Crippen LogP contribution in [0.2, 0.25) is 0 Å². The van der Waals surface area contributed by atoms with Crippen molar-refractivity contribution in [1.82, 2.24) is 4.90 Å². The van der Waals surface area contributed by atoms with Crippen LogP contribution in [-0.2, 0) is 0 Å². The number of nitrogens with zero attached hydrogens (tertiary/aromatic N) is 1. The summed E-state index contributed by atoms with van der Waals surface area (Å²) >= 11 is 0. The molecule has 1 saturated heterocycles. The quantitative estimate of drug-likeness (QED) is 0.745. The Morgan fingerprint density at radius 1 is 1.55 bits per heavy atom. The van der Waals surface area contributed by atoms with Gasteiger partial charge in [0.2, 0.25) is 0 Å². The lowest BCUT2D eigenvalue weighted by atomic mass is 10.2. The number of nitrogen functional groups attached to an aromatic ring is 1. The molecule has 0 unspecified atom stereocenters. The number of benzene rings is 1. The molecule has 0 bridgehead atoms. The molecule has 20 heavy (non-hydrogen) atoms. The van der Waals surface area contributed by atoms with Gasteiger partial charge in [0.15, 0.2) is 0 Å². The first-order chi connectivity index (χ1) is 9.28. The fourth-order valence-electron chi connectivity index (χ4n) is 2.23. The third-order valence-corrected chi connectivity index (χ3v) is 3.16. The Morgan fingerprint density at radius 3 is 2.85 bits per heavy atom. The molecule has 1 atom stereocenters.